The normalized spacial score (nSPS) is 16.4. The van der Waals surface area contributed by atoms with Crippen LogP contribution in [0.4, 0.5) is 8.78 Å². The van der Waals surface area contributed by atoms with Crippen LogP contribution < -0.4 is 4.74 Å². The number of benzene rings is 1. The molecule has 0 spiro atoms. The van der Waals surface area contributed by atoms with Crippen LogP contribution in [0.15, 0.2) is 42.6 Å². The van der Waals surface area contributed by atoms with Gasteiger partial charge in [0.25, 0.3) is 5.92 Å². The van der Waals surface area contributed by atoms with Gasteiger partial charge in [0, 0.05) is 43.6 Å². The van der Waals surface area contributed by atoms with Gasteiger partial charge in [0.15, 0.2) is 0 Å². The lowest BCUT2D eigenvalue weighted by Crippen LogP contribution is -2.24. The second-order valence-electron chi connectivity index (χ2n) is 9.90. The fourth-order valence-corrected chi connectivity index (χ4v) is 4.75. The SMILES string of the molecule is CC#C[C@@H](CC)c1ccc(OCc2ccc3c(CN4CCC(F)(F)C4)cn(CC(C)C)c3n2)cc1. The molecule has 2 aromatic heterocycles. The van der Waals surface area contributed by atoms with E-state index in [9.17, 15) is 8.78 Å². The number of ether oxygens (including phenoxy) is 1. The van der Waals surface area contributed by atoms with Gasteiger partial charge in [-0.2, -0.15) is 0 Å². The number of nitrogens with zero attached hydrogens (tertiary/aromatic N) is 3. The van der Waals surface area contributed by atoms with E-state index in [0.717, 1.165) is 41.0 Å². The van der Waals surface area contributed by atoms with Crippen LogP contribution in [0.25, 0.3) is 11.0 Å². The van der Waals surface area contributed by atoms with Crippen molar-refractivity contribution in [2.75, 3.05) is 13.1 Å². The molecule has 3 aromatic rings. The molecule has 0 N–H and O–H groups in total. The number of fused-ring (bicyclic) bond motifs is 1. The van der Waals surface area contributed by atoms with E-state index < -0.39 is 5.92 Å². The Bertz CT molecular complexity index is 1200. The molecule has 0 bridgehead atoms. The molecule has 0 aliphatic carbocycles. The monoisotopic (exact) mass is 479 g/mol. The van der Waals surface area contributed by atoms with Gasteiger partial charge in [0.1, 0.15) is 18.0 Å². The average molecular weight is 480 g/mol. The minimum absolute atomic E-state index is 0.0660. The fraction of sp³-hybridized carbons (Fsp3) is 0.483. The molecule has 35 heavy (non-hydrogen) atoms. The third-order valence-electron chi connectivity index (χ3n) is 6.46. The Kier molecular flexibility index (Phi) is 7.76. The first kappa shape index (κ1) is 25.2. The third kappa shape index (κ3) is 6.21. The fourth-order valence-electron chi connectivity index (χ4n) is 4.75. The van der Waals surface area contributed by atoms with Gasteiger partial charge in [-0.05, 0) is 54.7 Å². The summed E-state index contributed by atoms with van der Waals surface area (Å²) < 4.78 is 35.6. The zero-order valence-corrected chi connectivity index (χ0v) is 21.2. The number of hydrogen-bond acceptors (Lipinski definition) is 3. The Balaban J connectivity index is 1.50. The third-order valence-corrected chi connectivity index (χ3v) is 6.46. The Labute approximate surface area is 207 Å². The van der Waals surface area contributed by atoms with Crippen molar-refractivity contribution in [2.24, 2.45) is 5.92 Å². The highest BCUT2D eigenvalue weighted by atomic mass is 19.3. The molecule has 0 radical (unpaired) electrons. The summed E-state index contributed by atoms with van der Waals surface area (Å²) in [6.45, 7) is 10.3. The number of rotatable bonds is 9. The van der Waals surface area contributed by atoms with Crippen LogP contribution in [-0.4, -0.2) is 33.5 Å². The smallest absolute Gasteiger partial charge is 0.261 e. The van der Waals surface area contributed by atoms with Crippen molar-refractivity contribution >= 4 is 11.0 Å². The molecule has 3 heterocycles. The first-order chi connectivity index (χ1) is 16.8. The standard InChI is InChI=1S/C29H35F2N3O/c1-5-7-22(6-2)23-8-11-26(12-9-23)35-19-25-10-13-27-24(17-33-15-14-29(30,31)20-33)18-34(16-21(3)4)28(27)32-25/h8-13,18,21-22H,6,14-17,19-20H2,1-4H3/t22-/m1/s1. The Hall–Kier alpha value is -2.91. The van der Waals surface area contributed by atoms with Crippen LogP contribution in [0.3, 0.4) is 0 Å². The first-order valence-corrected chi connectivity index (χ1v) is 12.5. The van der Waals surface area contributed by atoms with E-state index in [1.165, 1.54) is 5.56 Å². The Morgan fingerprint density at radius 3 is 2.54 bits per heavy atom. The maximum atomic E-state index is 13.7. The Morgan fingerprint density at radius 1 is 1.14 bits per heavy atom. The maximum Gasteiger partial charge on any atom is 0.261 e. The largest absolute Gasteiger partial charge is 0.487 e. The second-order valence-corrected chi connectivity index (χ2v) is 9.90. The predicted octanol–water partition coefficient (Wildman–Crippen LogP) is 6.63. The van der Waals surface area contributed by atoms with E-state index in [0.29, 0.717) is 25.6 Å². The van der Waals surface area contributed by atoms with Crippen molar-refractivity contribution in [2.45, 2.75) is 72.1 Å². The summed E-state index contributed by atoms with van der Waals surface area (Å²) >= 11 is 0. The molecule has 4 nitrogen and oxygen atoms in total. The minimum atomic E-state index is -2.59. The summed E-state index contributed by atoms with van der Waals surface area (Å²) in [5, 5.41) is 1.02. The molecule has 0 saturated carbocycles. The Morgan fingerprint density at radius 2 is 1.91 bits per heavy atom. The van der Waals surface area contributed by atoms with Gasteiger partial charge < -0.3 is 9.30 Å². The highest BCUT2D eigenvalue weighted by molar-refractivity contribution is 5.80. The van der Waals surface area contributed by atoms with E-state index >= 15 is 0 Å². The molecule has 0 unspecified atom stereocenters. The number of alkyl halides is 2. The summed E-state index contributed by atoms with van der Waals surface area (Å²) in [7, 11) is 0. The lowest BCUT2D eigenvalue weighted by Gasteiger charge is -2.14. The average Bonchev–Trinajstić information content (AvgIpc) is 3.34. The molecule has 1 aliphatic heterocycles. The van der Waals surface area contributed by atoms with Crippen molar-refractivity contribution < 1.29 is 13.5 Å². The highest BCUT2D eigenvalue weighted by Crippen LogP contribution is 2.30. The van der Waals surface area contributed by atoms with Crippen LogP contribution in [0, 0.1) is 17.8 Å². The van der Waals surface area contributed by atoms with Crippen LogP contribution in [0.5, 0.6) is 5.75 Å². The van der Waals surface area contributed by atoms with Gasteiger partial charge in [-0.1, -0.05) is 38.8 Å². The summed E-state index contributed by atoms with van der Waals surface area (Å²) in [5.41, 5.74) is 3.98. The topological polar surface area (TPSA) is 30.3 Å². The second kappa shape index (κ2) is 10.8. The number of aromatic nitrogens is 2. The molecule has 1 aromatic carbocycles. The van der Waals surface area contributed by atoms with Crippen molar-refractivity contribution in [1.82, 2.24) is 14.5 Å². The zero-order valence-electron chi connectivity index (χ0n) is 21.2. The van der Waals surface area contributed by atoms with E-state index in [4.69, 9.17) is 9.72 Å². The van der Waals surface area contributed by atoms with Crippen molar-refractivity contribution in [1.29, 1.82) is 0 Å². The first-order valence-electron chi connectivity index (χ1n) is 12.5. The molecule has 1 fully saturated rings. The molecule has 6 heteroatoms. The summed E-state index contributed by atoms with van der Waals surface area (Å²) in [4.78, 5) is 6.74. The van der Waals surface area contributed by atoms with Gasteiger partial charge >= 0.3 is 0 Å². The highest BCUT2D eigenvalue weighted by Gasteiger charge is 2.38. The van der Waals surface area contributed by atoms with Gasteiger partial charge in [-0.15, -0.1) is 5.92 Å². The summed E-state index contributed by atoms with van der Waals surface area (Å²) in [6, 6.07) is 12.2. The van der Waals surface area contributed by atoms with Crippen molar-refractivity contribution in [3.05, 3.63) is 59.4 Å². The van der Waals surface area contributed by atoms with Crippen LogP contribution in [0.2, 0.25) is 0 Å². The van der Waals surface area contributed by atoms with E-state index in [1.807, 2.05) is 30.0 Å². The van der Waals surface area contributed by atoms with Gasteiger partial charge in [0.05, 0.1) is 12.2 Å². The molecule has 1 aliphatic rings. The van der Waals surface area contributed by atoms with Crippen LogP contribution in [0.1, 0.15) is 63.3 Å². The number of hydrogen-bond donors (Lipinski definition) is 0. The number of pyridine rings is 1. The molecule has 4 rings (SSSR count). The van der Waals surface area contributed by atoms with E-state index in [1.54, 1.807) is 0 Å². The van der Waals surface area contributed by atoms with Gasteiger partial charge in [-0.25, -0.2) is 13.8 Å². The number of halogens is 2. The summed E-state index contributed by atoms with van der Waals surface area (Å²) in [6.07, 6.45) is 2.99. The zero-order chi connectivity index (χ0) is 25.0. The lowest BCUT2D eigenvalue weighted by atomic mass is 9.97. The van der Waals surface area contributed by atoms with Crippen molar-refractivity contribution in [3.8, 4) is 17.6 Å². The molecule has 1 saturated heterocycles. The van der Waals surface area contributed by atoms with Gasteiger partial charge in [-0.3, -0.25) is 4.90 Å². The minimum Gasteiger partial charge on any atom is -0.487 e. The number of likely N-dealkylation sites (tertiary alicyclic amines) is 1. The van der Waals surface area contributed by atoms with Crippen LogP contribution in [-0.2, 0) is 19.7 Å². The molecular formula is C29H35F2N3O. The molecular weight excluding hydrogens is 444 g/mol. The molecule has 0 amide bonds. The maximum absolute atomic E-state index is 13.7. The van der Waals surface area contributed by atoms with Crippen molar-refractivity contribution in [3.63, 3.8) is 0 Å². The van der Waals surface area contributed by atoms with Crippen LogP contribution >= 0.6 is 0 Å². The van der Waals surface area contributed by atoms with Gasteiger partial charge in [0.2, 0.25) is 0 Å². The van der Waals surface area contributed by atoms with E-state index in [-0.39, 0.29) is 18.9 Å². The summed E-state index contributed by atoms with van der Waals surface area (Å²) in [5.74, 6) is 5.15. The van der Waals surface area contributed by atoms with E-state index in [2.05, 4.69) is 61.6 Å². The molecule has 186 valence electrons. The quantitative estimate of drug-likeness (QED) is 0.323. The molecule has 1 atom stereocenters. The lowest BCUT2D eigenvalue weighted by molar-refractivity contribution is 0.0115. The predicted molar refractivity (Wildman–Crippen MR) is 137 cm³/mol.